The van der Waals surface area contributed by atoms with E-state index in [2.05, 4.69) is 6.92 Å². The van der Waals surface area contributed by atoms with Crippen molar-refractivity contribution in [1.82, 2.24) is 0 Å². The first kappa shape index (κ1) is 19.6. The molecule has 1 rings (SSSR count). The number of aliphatic hydroxyl groups is 1. The molecule has 0 spiro atoms. The maximum atomic E-state index is 8.86. The molecular formula is C18H28O5. The predicted molar refractivity (Wildman–Crippen MR) is 89.4 cm³/mol. The lowest BCUT2D eigenvalue weighted by Gasteiger charge is -2.21. The zero-order valence-corrected chi connectivity index (χ0v) is 14.2. The van der Waals surface area contributed by atoms with Crippen molar-refractivity contribution in [2.24, 2.45) is 5.92 Å². The molecule has 2 atom stereocenters. The van der Waals surface area contributed by atoms with E-state index in [-0.39, 0.29) is 25.4 Å². The second kappa shape index (κ2) is 12.1. The molecule has 5 heteroatoms. The standard InChI is InChI=1S/C18H28O5/c1-15(5-4-11-19)18(23-14-20-2)10-12-22-13-16-6-8-17(21-3)9-7-16/h4-9,15,18-19H,10-14H2,1-3H3/b5-4+/t15-,18-/m0/s1. The van der Waals surface area contributed by atoms with Crippen LogP contribution in [0.25, 0.3) is 0 Å². The monoisotopic (exact) mass is 324 g/mol. The summed E-state index contributed by atoms with van der Waals surface area (Å²) in [6.45, 7) is 3.49. The summed E-state index contributed by atoms with van der Waals surface area (Å²) in [5.74, 6) is 1.02. The van der Waals surface area contributed by atoms with Gasteiger partial charge in [-0.05, 0) is 24.1 Å². The summed E-state index contributed by atoms with van der Waals surface area (Å²) in [5, 5.41) is 8.86. The highest BCUT2D eigenvalue weighted by Crippen LogP contribution is 2.15. The number of hydrogen-bond donors (Lipinski definition) is 1. The highest BCUT2D eigenvalue weighted by molar-refractivity contribution is 5.26. The van der Waals surface area contributed by atoms with E-state index in [4.69, 9.17) is 24.1 Å². The molecule has 1 N–H and O–H groups in total. The predicted octanol–water partition coefficient (Wildman–Crippen LogP) is 2.78. The van der Waals surface area contributed by atoms with Crippen LogP contribution in [0.2, 0.25) is 0 Å². The van der Waals surface area contributed by atoms with Crippen molar-refractivity contribution in [3.05, 3.63) is 42.0 Å². The molecule has 0 aliphatic rings. The van der Waals surface area contributed by atoms with Gasteiger partial charge in [0.05, 0.1) is 26.4 Å². The van der Waals surface area contributed by atoms with Crippen LogP contribution in [0.3, 0.4) is 0 Å². The molecule has 0 aliphatic heterocycles. The van der Waals surface area contributed by atoms with Crippen LogP contribution < -0.4 is 4.74 Å². The van der Waals surface area contributed by atoms with Gasteiger partial charge >= 0.3 is 0 Å². The van der Waals surface area contributed by atoms with Crippen LogP contribution in [0.5, 0.6) is 5.75 Å². The van der Waals surface area contributed by atoms with Crippen molar-refractivity contribution in [3.8, 4) is 5.75 Å². The first-order valence-electron chi connectivity index (χ1n) is 7.80. The van der Waals surface area contributed by atoms with Crippen LogP contribution in [0.4, 0.5) is 0 Å². The summed E-state index contributed by atoms with van der Waals surface area (Å²) in [6.07, 6.45) is 4.43. The normalized spacial score (nSPS) is 14.1. The summed E-state index contributed by atoms with van der Waals surface area (Å²) in [7, 11) is 3.25. The lowest BCUT2D eigenvalue weighted by molar-refractivity contribution is -0.0920. The van der Waals surface area contributed by atoms with Crippen LogP contribution in [0.1, 0.15) is 18.9 Å². The molecule has 1 aromatic rings. The molecule has 0 heterocycles. The Morgan fingerprint density at radius 3 is 2.52 bits per heavy atom. The van der Waals surface area contributed by atoms with Crippen molar-refractivity contribution in [3.63, 3.8) is 0 Å². The van der Waals surface area contributed by atoms with Crippen molar-refractivity contribution >= 4 is 0 Å². The molecule has 0 aromatic heterocycles. The number of methoxy groups -OCH3 is 2. The molecule has 0 saturated heterocycles. The SMILES string of the molecule is COCO[C@@H](CCOCc1ccc(OC)cc1)[C@@H](C)/C=C/CO. The molecule has 0 bridgehead atoms. The van der Waals surface area contributed by atoms with Gasteiger partial charge in [0, 0.05) is 19.6 Å². The highest BCUT2D eigenvalue weighted by Gasteiger charge is 2.15. The molecule has 0 fully saturated rings. The highest BCUT2D eigenvalue weighted by atomic mass is 16.7. The summed E-state index contributed by atoms with van der Waals surface area (Å²) in [5.41, 5.74) is 1.10. The Morgan fingerprint density at radius 2 is 1.91 bits per heavy atom. The lowest BCUT2D eigenvalue weighted by Crippen LogP contribution is -2.23. The summed E-state index contributed by atoms with van der Waals surface area (Å²) < 4.78 is 21.5. The van der Waals surface area contributed by atoms with Gasteiger partial charge in [0.25, 0.3) is 0 Å². The Morgan fingerprint density at radius 1 is 1.17 bits per heavy atom. The maximum Gasteiger partial charge on any atom is 0.146 e. The molecule has 0 amide bonds. The molecular weight excluding hydrogens is 296 g/mol. The van der Waals surface area contributed by atoms with Gasteiger partial charge in [-0.15, -0.1) is 0 Å². The van der Waals surface area contributed by atoms with Gasteiger partial charge in [0.1, 0.15) is 12.5 Å². The average Bonchev–Trinajstić information content (AvgIpc) is 2.59. The zero-order chi connectivity index (χ0) is 16.9. The van der Waals surface area contributed by atoms with Gasteiger partial charge in [-0.25, -0.2) is 0 Å². The van der Waals surface area contributed by atoms with Gasteiger partial charge in [-0.3, -0.25) is 0 Å². The molecule has 130 valence electrons. The van der Waals surface area contributed by atoms with Crippen molar-refractivity contribution in [2.75, 3.05) is 34.2 Å². The van der Waals surface area contributed by atoms with E-state index in [1.807, 2.05) is 30.3 Å². The molecule has 0 unspecified atom stereocenters. The first-order chi connectivity index (χ1) is 11.2. The largest absolute Gasteiger partial charge is 0.497 e. The third-order valence-electron chi connectivity index (χ3n) is 3.51. The fourth-order valence-corrected chi connectivity index (χ4v) is 2.16. The second-order valence-electron chi connectivity index (χ2n) is 5.27. The third-order valence-corrected chi connectivity index (χ3v) is 3.51. The van der Waals surface area contributed by atoms with Crippen LogP contribution >= 0.6 is 0 Å². The van der Waals surface area contributed by atoms with E-state index < -0.39 is 0 Å². The Kier molecular flexibility index (Phi) is 10.3. The summed E-state index contributed by atoms with van der Waals surface area (Å²) in [6, 6.07) is 7.82. The van der Waals surface area contributed by atoms with Crippen molar-refractivity contribution in [2.45, 2.75) is 26.1 Å². The van der Waals surface area contributed by atoms with E-state index in [1.54, 1.807) is 20.3 Å². The van der Waals surface area contributed by atoms with Gasteiger partial charge in [-0.1, -0.05) is 31.2 Å². The molecule has 0 aliphatic carbocycles. The Labute approximate surface area is 138 Å². The first-order valence-corrected chi connectivity index (χ1v) is 7.80. The molecule has 23 heavy (non-hydrogen) atoms. The Balaban J connectivity index is 2.36. The van der Waals surface area contributed by atoms with Gasteiger partial charge in [0.15, 0.2) is 0 Å². The maximum absolute atomic E-state index is 8.86. The van der Waals surface area contributed by atoms with Crippen LogP contribution in [0.15, 0.2) is 36.4 Å². The van der Waals surface area contributed by atoms with Crippen LogP contribution in [-0.4, -0.2) is 45.4 Å². The van der Waals surface area contributed by atoms with Gasteiger partial charge in [0.2, 0.25) is 0 Å². The number of aliphatic hydroxyl groups excluding tert-OH is 1. The fraction of sp³-hybridized carbons (Fsp3) is 0.556. The second-order valence-corrected chi connectivity index (χ2v) is 5.27. The Hall–Kier alpha value is -1.40. The quantitative estimate of drug-likeness (QED) is 0.364. The average molecular weight is 324 g/mol. The van der Waals surface area contributed by atoms with Crippen molar-refractivity contribution in [1.29, 1.82) is 0 Å². The molecule has 0 radical (unpaired) electrons. The molecule has 5 nitrogen and oxygen atoms in total. The summed E-state index contributed by atoms with van der Waals surface area (Å²) >= 11 is 0. The molecule has 1 aromatic carbocycles. The zero-order valence-electron chi connectivity index (χ0n) is 14.2. The van der Waals surface area contributed by atoms with E-state index in [0.717, 1.165) is 17.7 Å². The van der Waals surface area contributed by atoms with Crippen LogP contribution in [0, 0.1) is 5.92 Å². The van der Waals surface area contributed by atoms with Crippen LogP contribution in [-0.2, 0) is 20.8 Å². The number of rotatable bonds is 12. The summed E-state index contributed by atoms with van der Waals surface area (Å²) in [4.78, 5) is 0. The number of ether oxygens (including phenoxy) is 4. The number of benzene rings is 1. The minimum atomic E-state index is -0.00591. The van der Waals surface area contributed by atoms with Gasteiger partial charge in [-0.2, -0.15) is 0 Å². The van der Waals surface area contributed by atoms with E-state index >= 15 is 0 Å². The fourth-order valence-electron chi connectivity index (χ4n) is 2.16. The molecule has 0 saturated carbocycles. The van der Waals surface area contributed by atoms with E-state index in [0.29, 0.717) is 13.2 Å². The lowest BCUT2D eigenvalue weighted by atomic mass is 10.0. The number of hydrogen-bond acceptors (Lipinski definition) is 5. The topological polar surface area (TPSA) is 57.2 Å². The third kappa shape index (κ3) is 8.13. The smallest absolute Gasteiger partial charge is 0.146 e. The minimum Gasteiger partial charge on any atom is -0.497 e. The van der Waals surface area contributed by atoms with E-state index in [1.165, 1.54) is 0 Å². The van der Waals surface area contributed by atoms with Crippen molar-refractivity contribution < 1.29 is 24.1 Å². The van der Waals surface area contributed by atoms with Gasteiger partial charge < -0.3 is 24.1 Å². The van der Waals surface area contributed by atoms with E-state index in [9.17, 15) is 0 Å². The minimum absolute atomic E-state index is 0.00591. The Bertz CT molecular complexity index is 430.